The summed E-state index contributed by atoms with van der Waals surface area (Å²) in [4.78, 5) is 25.5. The van der Waals surface area contributed by atoms with Crippen molar-refractivity contribution in [1.82, 2.24) is 15.8 Å². The van der Waals surface area contributed by atoms with Crippen LogP contribution in [0.25, 0.3) is 0 Å². The molecule has 1 amide bonds. The first kappa shape index (κ1) is 15.0. The van der Waals surface area contributed by atoms with Crippen LogP contribution in [0.4, 0.5) is 0 Å². The molecule has 2 aliphatic rings. The SMILES string of the molecule is O=C(O)C1CCCCN1C(=O)C1CC(c2ccccc2)NN1. The van der Waals surface area contributed by atoms with Gasteiger partial charge in [0.05, 0.1) is 0 Å². The number of hydrogen-bond donors (Lipinski definition) is 3. The lowest BCUT2D eigenvalue weighted by atomic mass is 9.98. The van der Waals surface area contributed by atoms with Gasteiger partial charge in [-0.1, -0.05) is 30.3 Å². The minimum absolute atomic E-state index is 0.0724. The molecule has 0 spiro atoms. The number of hydrazine groups is 1. The Morgan fingerprint density at radius 1 is 1.14 bits per heavy atom. The lowest BCUT2D eigenvalue weighted by Crippen LogP contribution is -2.54. The zero-order valence-electron chi connectivity index (χ0n) is 12.4. The van der Waals surface area contributed by atoms with E-state index in [4.69, 9.17) is 0 Å². The molecule has 22 heavy (non-hydrogen) atoms. The monoisotopic (exact) mass is 303 g/mol. The van der Waals surface area contributed by atoms with Crippen molar-refractivity contribution in [2.45, 2.75) is 43.8 Å². The number of carboxylic acid groups (broad SMARTS) is 1. The Balaban J connectivity index is 1.67. The highest BCUT2D eigenvalue weighted by Gasteiger charge is 2.38. The molecule has 2 saturated heterocycles. The zero-order chi connectivity index (χ0) is 15.5. The van der Waals surface area contributed by atoms with E-state index in [1.807, 2.05) is 30.3 Å². The van der Waals surface area contributed by atoms with Crippen LogP contribution in [0.1, 0.15) is 37.3 Å². The topological polar surface area (TPSA) is 81.7 Å². The van der Waals surface area contributed by atoms with Gasteiger partial charge in [0.2, 0.25) is 5.91 Å². The maximum Gasteiger partial charge on any atom is 0.326 e. The van der Waals surface area contributed by atoms with Gasteiger partial charge in [0, 0.05) is 12.6 Å². The summed E-state index contributed by atoms with van der Waals surface area (Å²) in [6, 6.07) is 8.96. The van der Waals surface area contributed by atoms with Crippen LogP contribution in [-0.2, 0) is 9.59 Å². The van der Waals surface area contributed by atoms with E-state index >= 15 is 0 Å². The average molecular weight is 303 g/mol. The third kappa shape index (κ3) is 2.98. The van der Waals surface area contributed by atoms with E-state index in [1.54, 1.807) is 0 Å². The maximum absolute atomic E-state index is 12.7. The van der Waals surface area contributed by atoms with Gasteiger partial charge in [0.15, 0.2) is 0 Å². The average Bonchev–Trinajstić information content (AvgIpc) is 3.05. The third-order valence-electron chi connectivity index (χ3n) is 4.47. The normalized spacial score (nSPS) is 28.5. The van der Waals surface area contributed by atoms with E-state index < -0.39 is 12.0 Å². The molecule has 2 aliphatic heterocycles. The van der Waals surface area contributed by atoms with Crippen molar-refractivity contribution in [3.63, 3.8) is 0 Å². The fraction of sp³-hybridized carbons (Fsp3) is 0.500. The van der Waals surface area contributed by atoms with Crippen LogP contribution in [-0.4, -0.2) is 40.5 Å². The molecule has 0 radical (unpaired) electrons. The molecule has 0 aliphatic carbocycles. The number of hydrogen-bond acceptors (Lipinski definition) is 4. The van der Waals surface area contributed by atoms with E-state index in [-0.39, 0.29) is 18.0 Å². The molecule has 2 fully saturated rings. The van der Waals surface area contributed by atoms with E-state index in [9.17, 15) is 14.7 Å². The van der Waals surface area contributed by atoms with Gasteiger partial charge in [-0.15, -0.1) is 0 Å². The number of likely N-dealkylation sites (tertiary alicyclic amines) is 1. The van der Waals surface area contributed by atoms with Gasteiger partial charge in [0.1, 0.15) is 12.1 Å². The van der Waals surface area contributed by atoms with Crippen LogP contribution in [0.3, 0.4) is 0 Å². The number of carbonyl (C=O) groups is 2. The minimum atomic E-state index is -0.904. The molecule has 6 nitrogen and oxygen atoms in total. The van der Waals surface area contributed by atoms with Crippen molar-refractivity contribution in [2.24, 2.45) is 0 Å². The van der Waals surface area contributed by atoms with Gasteiger partial charge in [0.25, 0.3) is 0 Å². The summed E-state index contributed by atoms with van der Waals surface area (Å²) in [5.74, 6) is -1.02. The Morgan fingerprint density at radius 2 is 1.91 bits per heavy atom. The number of carboxylic acids is 1. The first-order valence-corrected chi connectivity index (χ1v) is 7.76. The molecule has 0 bridgehead atoms. The summed E-state index contributed by atoms with van der Waals surface area (Å²) in [6.45, 7) is 0.532. The van der Waals surface area contributed by atoms with Crippen LogP contribution in [0.2, 0.25) is 0 Å². The number of rotatable bonds is 3. The first-order chi connectivity index (χ1) is 10.7. The number of amides is 1. The summed E-state index contributed by atoms with van der Waals surface area (Å²) >= 11 is 0. The molecular weight excluding hydrogens is 282 g/mol. The Labute approximate surface area is 129 Å². The summed E-state index contributed by atoms with van der Waals surface area (Å²) in [5, 5.41) is 9.30. The predicted octanol–water partition coefficient (Wildman–Crippen LogP) is 1.06. The highest BCUT2D eigenvalue weighted by molar-refractivity contribution is 5.87. The molecule has 2 heterocycles. The minimum Gasteiger partial charge on any atom is -0.480 e. The van der Waals surface area contributed by atoms with Gasteiger partial charge in [-0.2, -0.15) is 0 Å². The zero-order valence-corrected chi connectivity index (χ0v) is 12.4. The first-order valence-electron chi connectivity index (χ1n) is 7.76. The number of carbonyl (C=O) groups excluding carboxylic acids is 1. The smallest absolute Gasteiger partial charge is 0.326 e. The number of piperidine rings is 1. The lowest BCUT2D eigenvalue weighted by Gasteiger charge is -2.34. The number of nitrogens with one attached hydrogen (secondary N) is 2. The molecule has 6 heteroatoms. The summed E-state index contributed by atoms with van der Waals surface area (Å²) < 4.78 is 0. The van der Waals surface area contributed by atoms with E-state index in [2.05, 4.69) is 10.9 Å². The van der Waals surface area contributed by atoms with E-state index in [0.29, 0.717) is 19.4 Å². The Morgan fingerprint density at radius 3 is 2.64 bits per heavy atom. The Hall–Kier alpha value is -1.92. The van der Waals surface area contributed by atoms with E-state index in [1.165, 1.54) is 4.90 Å². The van der Waals surface area contributed by atoms with Crippen LogP contribution in [0.5, 0.6) is 0 Å². The summed E-state index contributed by atoms with van der Waals surface area (Å²) in [7, 11) is 0. The number of benzene rings is 1. The van der Waals surface area contributed by atoms with Gasteiger partial charge in [-0.05, 0) is 31.2 Å². The second-order valence-corrected chi connectivity index (χ2v) is 5.92. The highest BCUT2D eigenvalue weighted by Crippen LogP contribution is 2.25. The summed E-state index contributed by atoms with van der Waals surface area (Å²) in [5.41, 5.74) is 7.29. The van der Waals surface area contributed by atoms with Crippen LogP contribution >= 0.6 is 0 Å². The van der Waals surface area contributed by atoms with Crippen molar-refractivity contribution >= 4 is 11.9 Å². The molecule has 3 rings (SSSR count). The van der Waals surface area contributed by atoms with Crippen molar-refractivity contribution < 1.29 is 14.7 Å². The second-order valence-electron chi connectivity index (χ2n) is 5.92. The fourth-order valence-electron chi connectivity index (χ4n) is 3.27. The molecule has 0 aromatic heterocycles. The maximum atomic E-state index is 12.7. The largest absolute Gasteiger partial charge is 0.480 e. The summed E-state index contributed by atoms with van der Waals surface area (Å²) in [6.07, 6.45) is 2.91. The van der Waals surface area contributed by atoms with Gasteiger partial charge >= 0.3 is 5.97 Å². The van der Waals surface area contributed by atoms with Gasteiger partial charge in [-0.3, -0.25) is 4.79 Å². The molecule has 1 aromatic carbocycles. The van der Waals surface area contributed by atoms with Crippen LogP contribution in [0, 0.1) is 0 Å². The van der Waals surface area contributed by atoms with Crippen LogP contribution < -0.4 is 10.9 Å². The van der Waals surface area contributed by atoms with Crippen molar-refractivity contribution in [1.29, 1.82) is 0 Å². The molecule has 3 N–H and O–H groups in total. The van der Waals surface area contributed by atoms with Crippen molar-refractivity contribution in [2.75, 3.05) is 6.54 Å². The molecular formula is C16H21N3O3. The highest BCUT2D eigenvalue weighted by atomic mass is 16.4. The number of aliphatic carboxylic acids is 1. The molecule has 1 aromatic rings. The van der Waals surface area contributed by atoms with Crippen molar-refractivity contribution in [3.05, 3.63) is 35.9 Å². The lowest BCUT2D eigenvalue weighted by molar-refractivity contribution is -0.152. The Bertz CT molecular complexity index is 549. The molecule has 3 atom stereocenters. The molecule has 0 saturated carbocycles. The van der Waals surface area contributed by atoms with Crippen molar-refractivity contribution in [3.8, 4) is 0 Å². The standard InChI is InChI=1S/C16H21N3O3/c20-15(19-9-5-4-8-14(19)16(21)22)13-10-12(17-18-13)11-6-2-1-3-7-11/h1-3,6-7,12-14,17-18H,4-5,8-10H2,(H,21,22). The molecule has 3 unspecified atom stereocenters. The van der Waals surface area contributed by atoms with Gasteiger partial charge < -0.3 is 10.0 Å². The Kier molecular flexibility index (Phi) is 4.40. The van der Waals surface area contributed by atoms with Gasteiger partial charge in [-0.25, -0.2) is 15.6 Å². The number of nitrogens with zero attached hydrogens (tertiary/aromatic N) is 1. The fourth-order valence-corrected chi connectivity index (χ4v) is 3.27. The van der Waals surface area contributed by atoms with E-state index in [0.717, 1.165) is 18.4 Å². The molecule has 118 valence electrons. The third-order valence-corrected chi connectivity index (χ3v) is 4.47. The van der Waals surface area contributed by atoms with Crippen LogP contribution in [0.15, 0.2) is 30.3 Å². The quantitative estimate of drug-likeness (QED) is 0.778. The second kappa shape index (κ2) is 6.46. The predicted molar refractivity (Wildman–Crippen MR) is 80.8 cm³/mol.